The predicted molar refractivity (Wildman–Crippen MR) is 86.5 cm³/mol. The van der Waals surface area contributed by atoms with Gasteiger partial charge in [0, 0.05) is 24.1 Å². The smallest absolute Gasteiger partial charge is 0.0718 e. The molecule has 1 aliphatic rings. The van der Waals surface area contributed by atoms with Crippen LogP contribution in [0, 0.1) is 0 Å². The highest BCUT2D eigenvalue weighted by Gasteiger charge is 2.21. The lowest BCUT2D eigenvalue weighted by atomic mass is 10.1. The van der Waals surface area contributed by atoms with E-state index in [1.807, 2.05) is 0 Å². The van der Waals surface area contributed by atoms with Crippen molar-refractivity contribution >= 4 is 17.4 Å². The van der Waals surface area contributed by atoms with E-state index in [9.17, 15) is 0 Å². The van der Waals surface area contributed by atoms with Gasteiger partial charge in [0.1, 0.15) is 0 Å². The summed E-state index contributed by atoms with van der Waals surface area (Å²) in [6.45, 7) is 4.26. The van der Waals surface area contributed by atoms with Gasteiger partial charge in [-0.15, -0.1) is 0 Å². The van der Waals surface area contributed by atoms with E-state index in [1.54, 1.807) is 7.11 Å². The van der Waals surface area contributed by atoms with Crippen LogP contribution < -0.4 is 5.32 Å². The average molecular weight is 295 g/mol. The quantitative estimate of drug-likeness (QED) is 0.779. The van der Waals surface area contributed by atoms with Crippen LogP contribution in [0.15, 0.2) is 24.3 Å². The molecule has 20 heavy (non-hydrogen) atoms. The topological polar surface area (TPSA) is 30.5 Å². The number of hydrogen-bond acceptors (Lipinski definition) is 4. The van der Waals surface area contributed by atoms with Gasteiger partial charge in [0.15, 0.2) is 0 Å². The molecular formula is C16H25NO2S. The Balaban J connectivity index is 1.85. The van der Waals surface area contributed by atoms with E-state index in [1.165, 1.54) is 29.8 Å². The van der Waals surface area contributed by atoms with Crippen LogP contribution in [0.5, 0.6) is 0 Å². The molecule has 2 atom stereocenters. The maximum Gasteiger partial charge on any atom is 0.0718 e. The lowest BCUT2D eigenvalue weighted by molar-refractivity contribution is 0.0617. The summed E-state index contributed by atoms with van der Waals surface area (Å²) < 4.78 is 10.5. The van der Waals surface area contributed by atoms with Crippen molar-refractivity contribution in [3.8, 4) is 0 Å². The maximum absolute atomic E-state index is 5.57. The van der Waals surface area contributed by atoms with E-state index in [2.05, 4.69) is 48.3 Å². The first-order chi connectivity index (χ1) is 9.79. The molecule has 0 radical (unpaired) electrons. The second-order valence-corrected chi connectivity index (χ2v) is 6.70. The molecule has 1 heterocycles. The summed E-state index contributed by atoms with van der Waals surface area (Å²) in [5, 5.41) is 4.36. The Kier molecular flexibility index (Phi) is 6.70. The molecule has 0 bridgehead atoms. The van der Waals surface area contributed by atoms with Gasteiger partial charge in [-0.2, -0.15) is 11.8 Å². The van der Waals surface area contributed by atoms with E-state index < -0.39 is 0 Å². The summed E-state index contributed by atoms with van der Waals surface area (Å²) in [4.78, 5) is 0. The van der Waals surface area contributed by atoms with Crippen molar-refractivity contribution < 1.29 is 9.47 Å². The monoisotopic (exact) mass is 295 g/mol. The van der Waals surface area contributed by atoms with E-state index >= 15 is 0 Å². The molecule has 0 amide bonds. The minimum atomic E-state index is 0.582. The minimum Gasteiger partial charge on any atom is -0.382 e. The summed E-state index contributed by atoms with van der Waals surface area (Å²) in [5.41, 5.74) is 2.42. The zero-order valence-electron chi connectivity index (χ0n) is 12.4. The molecule has 0 aliphatic carbocycles. The molecule has 112 valence electrons. The van der Waals surface area contributed by atoms with Crippen LogP contribution in [0.2, 0.25) is 0 Å². The van der Waals surface area contributed by atoms with Crippen molar-refractivity contribution in [3.63, 3.8) is 0 Å². The lowest BCUT2D eigenvalue weighted by Gasteiger charge is -2.30. The zero-order valence-corrected chi connectivity index (χ0v) is 13.2. The summed E-state index contributed by atoms with van der Waals surface area (Å²) in [6.07, 6.45) is 2.58. The van der Waals surface area contributed by atoms with Gasteiger partial charge in [0.2, 0.25) is 0 Å². The normalized spacial score (nSPS) is 22.7. The highest BCUT2D eigenvalue weighted by molar-refractivity contribution is 8.00. The molecule has 2 rings (SSSR count). The molecule has 1 fully saturated rings. The number of thioether (sulfide) groups is 1. The number of rotatable bonds is 7. The molecule has 1 aromatic rings. The van der Waals surface area contributed by atoms with Crippen LogP contribution in [0.1, 0.15) is 25.3 Å². The Morgan fingerprint density at radius 3 is 3.05 bits per heavy atom. The van der Waals surface area contributed by atoms with Crippen molar-refractivity contribution in [1.29, 1.82) is 0 Å². The molecule has 2 unspecified atom stereocenters. The van der Waals surface area contributed by atoms with E-state index in [0.717, 1.165) is 0 Å². The maximum atomic E-state index is 5.57. The zero-order chi connectivity index (χ0) is 14.2. The van der Waals surface area contributed by atoms with Crippen LogP contribution in [0.3, 0.4) is 0 Å². The molecule has 1 aliphatic heterocycles. The second-order valence-electron chi connectivity index (χ2n) is 5.21. The first kappa shape index (κ1) is 15.7. The van der Waals surface area contributed by atoms with Crippen molar-refractivity contribution in [1.82, 2.24) is 0 Å². The largest absolute Gasteiger partial charge is 0.382 e. The van der Waals surface area contributed by atoms with Crippen molar-refractivity contribution in [3.05, 3.63) is 29.8 Å². The van der Waals surface area contributed by atoms with Gasteiger partial charge >= 0.3 is 0 Å². The third-order valence-corrected chi connectivity index (χ3v) is 4.97. The van der Waals surface area contributed by atoms with Gasteiger partial charge in [-0.25, -0.2) is 0 Å². The average Bonchev–Trinajstić information content (AvgIpc) is 2.47. The van der Waals surface area contributed by atoms with Gasteiger partial charge in [-0.05, 0) is 36.3 Å². The van der Waals surface area contributed by atoms with Crippen LogP contribution in [0.4, 0.5) is 5.69 Å². The molecule has 0 aromatic heterocycles. The fourth-order valence-corrected chi connectivity index (χ4v) is 3.55. The molecule has 1 saturated heterocycles. The molecule has 0 saturated carbocycles. The number of benzene rings is 1. The van der Waals surface area contributed by atoms with Crippen LogP contribution >= 0.6 is 11.8 Å². The summed E-state index contributed by atoms with van der Waals surface area (Å²) in [5.74, 6) is 1.30. The lowest BCUT2D eigenvalue weighted by Crippen LogP contribution is -2.32. The number of anilines is 1. The van der Waals surface area contributed by atoms with Crippen molar-refractivity contribution in [2.24, 2.45) is 0 Å². The first-order valence-electron chi connectivity index (χ1n) is 7.33. The Labute approximate surface area is 126 Å². The third kappa shape index (κ3) is 5.00. The fraction of sp³-hybridized carbons (Fsp3) is 0.625. The molecule has 4 heteroatoms. The summed E-state index contributed by atoms with van der Waals surface area (Å²) in [7, 11) is 1.69. The minimum absolute atomic E-state index is 0.582. The van der Waals surface area contributed by atoms with Gasteiger partial charge in [-0.1, -0.05) is 19.1 Å². The van der Waals surface area contributed by atoms with Gasteiger partial charge in [0.25, 0.3) is 0 Å². The molecule has 1 N–H and O–H groups in total. The highest BCUT2D eigenvalue weighted by Crippen LogP contribution is 2.27. The third-order valence-electron chi connectivity index (χ3n) is 3.59. The van der Waals surface area contributed by atoms with Crippen molar-refractivity contribution in [2.75, 3.05) is 31.4 Å². The SMILES string of the molecule is COCCOCc1cccc(NC2CCCSC2C)c1. The van der Waals surface area contributed by atoms with Crippen LogP contribution in [-0.4, -0.2) is 37.4 Å². The summed E-state index contributed by atoms with van der Waals surface area (Å²) in [6, 6.07) is 9.12. The van der Waals surface area contributed by atoms with Crippen LogP contribution in [0.25, 0.3) is 0 Å². The van der Waals surface area contributed by atoms with Gasteiger partial charge in [-0.3, -0.25) is 0 Å². The number of methoxy groups -OCH3 is 1. The predicted octanol–water partition coefficient (Wildman–Crippen LogP) is 3.55. The summed E-state index contributed by atoms with van der Waals surface area (Å²) >= 11 is 2.07. The molecule has 0 spiro atoms. The molecule has 3 nitrogen and oxygen atoms in total. The molecule has 1 aromatic carbocycles. The number of nitrogens with one attached hydrogen (secondary N) is 1. The Hall–Kier alpha value is -0.710. The highest BCUT2D eigenvalue weighted by atomic mass is 32.2. The standard InChI is InChI=1S/C16H25NO2S/c1-13-16(7-4-10-20-13)17-15-6-3-5-14(11-15)12-19-9-8-18-2/h3,5-6,11,13,16-17H,4,7-10,12H2,1-2H3. The Morgan fingerprint density at radius 2 is 2.25 bits per heavy atom. The van der Waals surface area contributed by atoms with E-state index in [-0.39, 0.29) is 0 Å². The number of ether oxygens (including phenoxy) is 2. The fourth-order valence-electron chi connectivity index (χ4n) is 2.41. The molecular weight excluding hydrogens is 270 g/mol. The van der Waals surface area contributed by atoms with Crippen LogP contribution in [-0.2, 0) is 16.1 Å². The van der Waals surface area contributed by atoms with E-state index in [4.69, 9.17) is 9.47 Å². The first-order valence-corrected chi connectivity index (χ1v) is 8.38. The van der Waals surface area contributed by atoms with Crippen molar-refractivity contribution in [2.45, 2.75) is 37.7 Å². The number of hydrogen-bond donors (Lipinski definition) is 1. The van der Waals surface area contributed by atoms with Gasteiger partial charge < -0.3 is 14.8 Å². The second kappa shape index (κ2) is 8.55. The van der Waals surface area contributed by atoms with Gasteiger partial charge in [0.05, 0.1) is 19.8 Å². The van der Waals surface area contributed by atoms with E-state index in [0.29, 0.717) is 31.1 Å². The Morgan fingerprint density at radius 1 is 1.35 bits per heavy atom. The Bertz CT molecular complexity index is 400.